The van der Waals surface area contributed by atoms with Crippen LogP contribution in [0.25, 0.3) is 22.6 Å². The first-order valence-electron chi connectivity index (χ1n) is 13.4. The van der Waals surface area contributed by atoms with Crippen LogP contribution in [-0.2, 0) is 9.47 Å². The van der Waals surface area contributed by atoms with Crippen molar-refractivity contribution in [1.29, 1.82) is 0 Å². The molecule has 1 unspecified atom stereocenters. The lowest BCUT2D eigenvalue weighted by Gasteiger charge is -2.25. The second-order valence-corrected chi connectivity index (χ2v) is 9.28. The lowest BCUT2D eigenvalue weighted by molar-refractivity contribution is 0.0286. The van der Waals surface area contributed by atoms with E-state index in [4.69, 9.17) is 18.7 Å². The monoisotopic (exact) mass is 574 g/mol. The molecule has 3 N–H and O–H groups in total. The first-order chi connectivity index (χ1) is 19.7. The molecule has 41 heavy (non-hydrogen) atoms. The molecule has 13 heteroatoms. The fraction of sp³-hybridized carbons (Fsp3) is 0.500. The molecule has 1 amide bonds. The average Bonchev–Trinajstić information content (AvgIpc) is 3.31. The van der Waals surface area contributed by atoms with Gasteiger partial charge in [0.15, 0.2) is 5.82 Å². The number of aromatic nitrogens is 3. The van der Waals surface area contributed by atoms with Crippen LogP contribution in [0.5, 0.6) is 5.75 Å². The lowest BCUT2D eigenvalue weighted by atomic mass is 10.0. The molecule has 0 saturated carbocycles. The predicted molar refractivity (Wildman–Crippen MR) is 152 cm³/mol. The molecule has 3 heterocycles. The first kappa shape index (κ1) is 31.7. The number of amides is 1. The molecule has 1 aliphatic rings. The highest BCUT2D eigenvalue weighted by molar-refractivity contribution is 5.74. The number of benzene rings is 1. The van der Waals surface area contributed by atoms with Gasteiger partial charge in [0.05, 0.1) is 42.3 Å². The highest BCUT2D eigenvalue weighted by Crippen LogP contribution is 2.34. The summed E-state index contributed by atoms with van der Waals surface area (Å²) in [4.78, 5) is 21.8. The van der Waals surface area contributed by atoms with Crippen LogP contribution in [0.15, 0.2) is 22.7 Å². The number of aliphatic hydroxyl groups excluding tert-OH is 1. The van der Waals surface area contributed by atoms with Gasteiger partial charge in [0.1, 0.15) is 35.9 Å². The summed E-state index contributed by atoms with van der Waals surface area (Å²) in [5.41, 5.74) is 3.07. The molecule has 1 aromatic carbocycles. The van der Waals surface area contributed by atoms with Gasteiger partial charge in [0.25, 0.3) is 0 Å². The third-order valence-corrected chi connectivity index (χ3v) is 6.25. The zero-order chi connectivity index (χ0) is 29.9. The number of carbonyl (C=O) groups is 1. The van der Waals surface area contributed by atoms with Crippen molar-refractivity contribution in [2.75, 3.05) is 65.5 Å². The number of morpholine rings is 1. The minimum Gasteiger partial charge on any atom is -0.491 e. The maximum Gasteiger partial charge on any atom is 0.409 e. The normalized spacial score (nSPS) is 13.7. The van der Waals surface area contributed by atoms with E-state index < -0.39 is 11.9 Å². The van der Waals surface area contributed by atoms with Crippen LogP contribution in [0.3, 0.4) is 0 Å². The second kappa shape index (κ2) is 15.3. The van der Waals surface area contributed by atoms with Crippen molar-refractivity contribution >= 4 is 11.9 Å². The average molecular weight is 575 g/mol. The van der Waals surface area contributed by atoms with Crippen molar-refractivity contribution in [3.8, 4) is 28.4 Å². The molecule has 1 fully saturated rings. The van der Waals surface area contributed by atoms with E-state index in [0.717, 1.165) is 11.1 Å². The van der Waals surface area contributed by atoms with Gasteiger partial charge < -0.3 is 39.4 Å². The number of halogens is 1. The Morgan fingerprint density at radius 3 is 2.54 bits per heavy atom. The molecule has 0 spiro atoms. The van der Waals surface area contributed by atoms with Gasteiger partial charge >= 0.3 is 6.09 Å². The van der Waals surface area contributed by atoms with E-state index in [1.54, 1.807) is 32.8 Å². The minimum absolute atomic E-state index is 0.0762. The molecule has 0 bridgehead atoms. The van der Waals surface area contributed by atoms with Crippen molar-refractivity contribution in [2.45, 2.75) is 33.8 Å². The number of likely N-dealkylation sites (N-methyl/N-ethyl adjacent to an activating group) is 1. The van der Waals surface area contributed by atoms with Crippen LogP contribution < -0.4 is 15.4 Å². The summed E-state index contributed by atoms with van der Waals surface area (Å²) in [5, 5.41) is 19.7. The Balaban J connectivity index is 0.000000352. The molecular formula is C28H39FN6O6. The zero-order valence-corrected chi connectivity index (χ0v) is 24.4. The topological polar surface area (TPSA) is 144 Å². The number of nitrogens with one attached hydrogen (secondary N) is 2. The summed E-state index contributed by atoms with van der Waals surface area (Å²) in [6.07, 6.45) is -0.906. The number of aryl methyl sites for hydroxylation is 2. The van der Waals surface area contributed by atoms with Crippen molar-refractivity contribution in [3.05, 3.63) is 41.0 Å². The number of rotatable bonds is 9. The van der Waals surface area contributed by atoms with Gasteiger partial charge in [-0.1, -0.05) is 5.16 Å². The molecule has 1 atom stereocenters. The van der Waals surface area contributed by atoms with E-state index in [2.05, 4.69) is 25.8 Å². The van der Waals surface area contributed by atoms with Crippen LogP contribution >= 0.6 is 0 Å². The summed E-state index contributed by atoms with van der Waals surface area (Å²) in [5.74, 6) is 1.34. The fourth-order valence-corrected chi connectivity index (χ4v) is 4.16. The zero-order valence-electron chi connectivity index (χ0n) is 24.4. The van der Waals surface area contributed by atoms with Crippen LogP contribution in [0.4, 0.5) is 15.0 Å². The minimum atomic E-state index is -0.679. The molecule has 224 valence electrons. The van der Waals surface area contributed by atoms with Gasteiger partial charge in [-0.3, -0.25) is 0 Å². The number of nitrogens with zero attached hydrogens (tertiary/aromatic N) is 4. The Kier molecular flexibility index (Phi) is 11.8. The van der Waals surface area contributed by atoms with E-state index in [1.165, 1.54) is 18.2 Å². The van der Waals surface area contributed by atoms with Crippen molar-refractivity contribution in [3.63, 3.8) is 0 Å². The second-order valence-electron chi connectivity index (χ2n) is 9.28. The maximum absolute atomic E-state index is 14.7. The fourth-order valence-electron chi connectivity index (χ4n) is 4.16. The number of ether oxygens (including phenoxy) is 3. The SMILES string of the molecule is CCOC(=O)N1CCOCC1.CNCC(O)COc1ccc(F)c(-c2nc(NC)c(C)c(-c3c(C)noc3C)n2)c1. The third kappa shape index (κ3) is 8.35. The maximum atomic E-state index is 14.7. The Morgan fingerprint density at radius 2 is 1.93 bits per heavy atom. The first-order valence-corrected chi connectivity index (χ1v) is 13.4. The van der Waals surface area contributed by atoms with E-state index in [9.17, 15) is 14.3 Å². The molecular weight excluding hydrogens is 535 g/mol. The molecule has 0 aliphatic carbocycles. The Hall–Kier alpha value is -3.81. The van der Waals surface area contributed by atoms with Crippen LogP contribution in [0.1, 0.15) is 23.9 Å². The number of carbonyl (C=O) groups excluding carboxylic acids is 1. The van der Waals surface area contributed by atoms with Crippen molar-refractivity contribution in [1.82, 2.24) is 25.3 Å². The van der Waals surface area contributed by atoms with Gasteiger partial charge in [0.2, 0.25) is 0 Å². The van der Waals surface area contributed by atoms with E-state index in [1.807, 2.05) is 13.8 Å². The number of hydrogen-bond acceptors (Lipinski definition) is 11. The quantitative estimate of drug-likeness (QED) is 0.346. The summed E-state index contributed by atoms with van der Waals surface area (Å²) >= 11 is 0. The summed E-state index contributed by atoms with van der Waals surface area (Å²) < 4.78 is 35.5. The Labute approximate surface area is 239 Å². The molecule has 4 rings (SSSR count). The molecule has 2 aromatic heterocycles. The summed E-state index contributed by atoms with van der Waals surface area (Å²) in [6.45, 7) is 10.8. The summed E-state index contributed by atoms with van der Waals surface area (Å²) in [6, 6.07) is 4.34. The molecule has 3 aromatic rings. The van der Waals surface area contributed by atoms with Gasteiger partial charge in [-0.2, -0.15) is 0 Å². The van der Waals surface area contributed by atoms with Crippen molar-refractivity contribution < 1.29 is 33.0 Å². The van der Waals surface area contributed by atoms with E-state index >= 15 is 0 Å². The largest absolute Gasteiger partial charge is 0.491 e. The molecule has 1 saturated heterocycles. The summed E-state index contributed by atoms with van der Waals surface area (Å²) in [7, 11) is 3.49. The highest BCUT2D eigenvalue weighted by Gasteiger charge is 2.21. The Bertz CT molecular complexity index is 1280. The number of aliphatic hydroxyl groups is 1. The van der Waals surface area contributed by atoms with Gasteiger partial charge in [0, 0.05) is 32.2 Å². The number of hydrogen-bond donors (Lipinski definition) is 3. The van der Waals surface area contributed by atoms with E-state index in [0.29, 0.717) is 68.2 Å². The highest BCUT2D eigenvalue weighted by atomic mass is 19.1. The standard InChI is InChI=1S/C21H26FN5O3.C7H13NO3/c1-11-19(18-12(2)27-30-13(18)3)25-21(26-20(11)24-5)16-8-15(6-7-17(16)22)29-10-14(28)9-23-4;1-2-11-7(9)8-3-5-10-6-4-8/h6-8,14,23,28H,9-10H2,1-5H3,(H,24,25,26);2-6H2,1H3. The van der Waals surface area contributed by atoms with Crippen molar-refractivity contribution in [2.24, 2.45) is 0 Å². The smallest absolute Gasteiger partial charge is 0.409 e. The third-order valence-electron chi connectivity index (χ3n) is 6.25. The lowest BCUT2D eigenvalue weighted by Crippen LogP contribution is -2.40. The molecule has 1 aliphatic heterocycles. The van der Waals surface area contributed by atoms with E-state index in [-0.39, 0.29) is 24.1 Å². The van der Waals surface area contributed by atoms with Crippen LogP contribution in [0, 0.1) is 26.6 Å². The predicted octanol–water partition coefficient (Wildman–Crippen LogP) is 3.34. The molecule has 0 radical (unpaired) electrons. The number of anilines is 1. The Morgan fingerprint density at radius 1 is 1.20 bits per heavy atom. The van der Waals surface area contributed by atoms with Gasteiger partial charge in [-0.05, 0) is 52.9 Å². The molecule has 12 nitrogen and oxygen atoms in total. The van der Waals surface area contributed by atoms with Crippen LogP contribution in [0.2, 0.25) is 0 Å². The van der Waals surface area contributed by atoms with Crippen LogP contribution in [-0.4, -0.2) is 97.5 Å². The van der Waals surface area contributed by atoms with Gasteiger partial charge in [-0.25, -0.2) is 19.2 Å². The van der Waals surface area contributed by atoms with Gasteiger partial charge in [-0.15, -0.1) is 0 Å².